The number of rotatable bonds is 9. The van der Waals surface area contributed by atoms with Crippen LogP contribution in [0.5, 0.6) is 0 Å². The minimum absolute atomic E-state index is 0.279. The van der Waals surface area contributed by atoms with Gasteiger partial charge < -0.3 is 13.9 Å². The van der Waals surface area contributed by atoms with Crippen molar-refractivity contribution in [1.29, 1.82) is 0 Å². The van der Waals surface area contributed by atoms with Gasteiger partial charge in [0.1, 0.15) is 6.10 Å². The average molecular weight is 274 g/mol. The molecule has 1 heterocycles. The summed E-state index contributed by atoms with van der Waals surface area (Å²) in [6, 6.07) is 0. The van der Waals surface area contributed by atoms with Gasteiger partial charge in [0, 0.05) is 6.61 Å². The Bertz CT molecular complexity index is 231. The van der Waals surface area contributed by atoms with E-state index in [0.29, 0.717) is 17.2 Å². The van der Waals surface area contributed by atoms with Crippen LogP contribution in [0, 0.1) is 0 Å². The van der Waals surface area contributed by atoms with Crippen LogP contribution < -0.4 is 0 Å². The van der Waals surface area contributed by atoms with Crippen molar-refractivity contribution < 1.29 is 13.9 Å². The van der Waals surface area contributed by atoms with Crippen LogP contribution in [0.15, 0.2) is 0 Å². The molecule has 0 amide bonds. The minimum atomic E-state index is -1.90. The molecule has 0 radical (unpaired) electrons. The van der Waals surface area contributed by atoms with E-state index in [0.717, 1.165) is 26.2 Å². The largest absolute Gasteiger partial charge is 0.414 e. The van der Waals surface area contributed by atoms with Gasteiger partial charge in [-0.3, -0.25) is 0 Å². The quantitative estimate of drug-likeness (QED) is 0.476. The van der Waals surface area contributed by atoms with Crippen molar-refractivity contribution in [2.45, 2.75) is 70.9 Å². The molecule has 1 rings (SSSR count). The normalized spacial score (nSPS) is 21.7. The molecule has 0 aromatic heterocycles. The summed E-state index contributed by atoms with van der Waals surface area (Å²) in [7, 11) is -1.90. The molecule has 0 N–H and O–H groups in total. The zero-order valence-corrected chi connectivity index (χ0v) is 13.9. The van der Waals surface area contributed by atoms with Crippen molar-refractivity contribution in [3.05, 3.63) is 0 Å². The Hall–Kier alpha value is 0.0969. The average Bonchev–Trinajstić information content (AvgIpc) is 3.11. The highest BCUT2D eigenvalue weighted by Gasteiger charge is 2.49. The maximum absolute atomic E-state index is 6.33. The van der Waals surface area contributed by atoms with Crippen LogP contribution in [-0.4, -0.2) is 40.0 Å². The molecule has 2 unspecified atom stereocenters. The lowest BCUT2D eigenvalue weighted by Crippen LogP contribution is -2.56. The highest BCUT2D eigenvalue weighted by atomic mass is 28.4. The molecule has 0 aromatic rings. The number of hydrogen-bond acceptors (Lipinski definition) is 3. The fourth-order valence-corrected chi connectivity index (χ4v) is 8.21. The van der Waals surface area contributed by atoms with Crippen LogP contribution in [0.25, 0.3) is 0 Å². The SMILES string of the molecule is CCO[Si](C(C)C)(C(C)C)C(CC)OCC1CO1. The molecular weight excluding hydrogens is 244 g/mol. The Labute approximate surface area is 113 Å². The van der Waals surface area contributed by atoms with Crippen molar-refractivity contribution in [2.24, 2.45) is 0 Å². The number of ether oxygens (including phenoxy) is 2. The van der Waals surface area contributed by atoms with Crippen molar-refractivity contribution in [2.75, 3.05) is 19.8 Å². The minimum Gasteiger partial charge on any atom is -0.414 e. The highest BCUT2D eigenvalue weighted by Crippen LogP contribution is 2.39. The Balaban J connectivity index is 2.80. The lowest BCUT2D eigenvalue weighted by molar-refractivity contribution is 0.0628. The Morgan fingerprint density at radius 1 is 1.17 bits per heavy atom. The zero-order chi connectivity index (χ0) is 13.8. The molecule has 0 spiro atoms. The van der Waals surface area contributed by atoms with Crippen LogP contribution in [-0.2, 0) is 13.9 Å². The Morgan fingerprint density at radius 2 is 1.72 bits per heavy atom. The lowest BCUT2D eigenvalue weighted by atomic mass is 10.5. The molecule has 2 atom stereocenters. The first-order chi connectivity index (χ1) is 8.48. The highest BCUT2D eigenvalue weighted by molar-refractivity contribution is 6.77. The summed E-state index contributed by atoms with van der Waals surface area (Å²) in [6.07, 6.45) is 1.38. The fourth-order valence-electron chi connectivity index (χ4n) is 3.04. The summed E-state index contributed by atoms with van der Waals surface area (Å²) in [6.45, 7) is 15.9. The summed E-state index contributed by atoms with van der Waals surface area (Å²) in [5, 5.41) is 0. The Kier molecular flexibility index (Phi) is 6.31. The molecule has 0 bridgehead atoms. The van der Waals surface area contributed by atoms with Gasteiger partial charge in [-0.15, -0.1) is 0 Å². The fraction of sp³-hybridized carbons (Fsp3) is 1.00. The van der Waals surface area contributed by atoms with Crippen molar-refractivity contribution in [3.8, 4) is 0 Å². The van der Waals surface area contributed by atoms with Gasteiger partial charge in [-0.1, -0.05) is 34.6 Å². The molecular formula is C14H30O3Si. The summed E-state index contributed by atoms with van der Waals surface area (Å²) < 4.78 is 17.7. The summed E-state index contributed by atoms with van der Waals surface area (Å²) in [5.74, 6) is 0. The first-order valence-corrected chi connectivity index (χ1v) is 9.50. The maximum Gasteiger partial charge on any atom is 0.225 e. The summed E-state index contributed by atoms with van der Waals surface area (Å²) in [5.41, 5.74) is 1.42. The van der Waals surface area contributed by atoms with E-state index in [1.807, 2.05) is 0 Å². The molecule has 0 aromatic carbocycles. The van der Waals surface area contributed by atoms with Gasteiger partial charge in [-0.2, -0.15) is 0 Å². The summed E-state index contributed by atoms with van der Waals surface area (Å²) in [4.78, 5) is 0. The smallest absolute Gasteiger partial charge is 0.225 e. The second-order valence-electron chi connectivity index (χ2n) is 5.78. The van der Waals surface area contributed by atoms with E-state index in [-0.39, 0.29) is 5.73 Å². The lowest BCUT2D eigenvalue weighted by Gasteiger charge is -2.43. The van der Waals surface area contributed by atoms with E-state index in [1.54, 1.807) is 0 Å². The zero-order valence-electron chi connectivity index (χ0n) is 12.9. The predicted molar refractivity (Wildman–Crippen MR) is 77.3 cm³/mol. The van der Waals surface area contributed by atoms with Crippen LogP contribution >= 0.6 is 0 Å². The number of hydrogen-bond donors (Lipinski definition) is 0. The monoisotopic (exact) mass is 274 g/mol. The second-order valence-corrected chi connectivity index (χ2v) is 10.7. The Morgan fingerprint density at radius 3 is 2.06 bits per heavy atom. The van der Waals surface area contributed by atoms with Crippen LogP contribution in [0.1, 0.15) is 48.0 Å². The summed E-state index contributed by atoms with van der Waals surface area (Å²) >= 11 is 0. The van der Waals surface area contributed by atoms with E-state index in [1.165, 1.54) is 0 Å². The third-order valence-electron chi connectivity index (χ3n) is 3.96. The molecule has 1 saturated heterocycles. The third-order valence-corrected chi connectivity index (χ3v) is 9.94. The van der Waals surface area contributed by atoms with E-state index < -0.39 is 8.32 Å². The van der Waals surface area contributed by atoms with Crippen molar-refractivity contribution >= 4 is 8.32 Å². The van der Waals surface area contributed by atoms with Gasteiger partial charge in [0.25, 0.3) is 0 Å². The second kappa shape index (κ2) is 7.03. The van der Waals surface area contributed by atoms with E-state index in [2.05, 4.69) is 41.5 Å². The van der Waals surface area contributed by atoms with Gasteiger partial charge in [-0.05, 0) is 24.4 Å². The third kappa shape index (κ3) is 3.56. The predicted octanol–water partition coefficient (Wildman–Crippen LogP) is 3.52. The van der Waals surface area contributed by atoms with Crippen molar-refractivity contribution in [1.82, 2.24) is 0 Å². The van der Waals surface area contributed by atoms with Gasteiger partial charge in [0.05, 0.1) is 18.9 Å². The van der Waals surface area contributed by atoms with E-state index in [9.17, 15) is 0 Å². The molecule has 0 aliphatic carbocycles. The van der Waals surface area contributed by atoms with Gasteiger partial charge in [-0.25, -0.2) is 0 Å². The molecule has 3 nitrogen and oxygen atoms in total. The van der Waals surface area contributed by atoms with Crippen LogP contribution in [0.3, 0.4) is 0 Å². The molecule has 4 heteroatoms. The molecule has 1 aliphatic rings. The molecule has 108 valence electrons. The van der Waals surface area contributed by atoms with Crippen LogP contribution in [0.4, 0.5) is 0 Å². The molecule has 18 heavy (non-hydrogen) atoms. The molecule has 0 saturated carbocycles. The van der Waals surface area contributed by atoms with Crippen molar-refractivity contribution in [3.63, 3.8) is 0 Å². The van der Waals surface area contributed by atoms with Gasteiger partial charge in [0.2, 0.25) is 8.32 Å². The standard InChI is InChI=1S/C14H30O3Si/c1-7-14(16-10-13-9-15-13)18(11(3)4,12(5)6)17-8-2/h11-14H,7-10H2,1-6H3. The maximum atomic E-state index is 6.33. The first-order valence-electron chi connectivity index (χ1n) is 7.36. The van der Waals surface area contributed by atoms with E-state index >= 15 is 0 Å². The first kappa shape index (κ1) is 16.2. The van der Waals surface area contributed by atoms with Gasteiger partial charge >= 0.3 is 0 Å². The molecule has 1 aliphatic heterocycles. The number of epoxide rings is 1. The topological polar surface area (TPSA) is 31.0 Å². The van der Waals surface area contributed by atoms with Crippen LogP contribution in [0.2, 0.25) is 11.1 Å². The molecule has 1 fully saturated rings. The van der Waals surface area contributed by atoms with E-state index in [4.69, 9.17) is 13.9 Å². The van der Waals surface area contributed by atoms with Gasteiger partial charge in [0.15, 0.2) is 0 Å².